The quantitative estimate of drug-likeness (QED) is 0.0169. The van der Waals surface area contributed by atoms with Crippen LogP contribution in [0.1, 0.15) is 387 Å². The van der Waals surface area contributed by atoms with Gasteiger partial charge in [-0.25, -0.2) is 9.13 Å². The van der Waals surface area contributed by atoms with Crippen LogP contribution in [-0.2, 0) is 65.4 Å². The van der Waals surface area contributed by atoms with Crippen LogP contribution in [0.15, 0.2) is 72.9 Å². The Balaban J connectivity index is 5.40. The number of ether oxygens (including phenoxy) is 4. The summed E-state index contributed by atoms with van der Waals surface area (Å²) in [6, 6.07) is 0. The monoisotopic (exact) mass is 1510 g/mol. The Bertz CT molecular complexity index is 2250. The Labute approximate surface area is 634 Å². The lowest BCUT2D eigenvalue weighted by atomic mass is 10.0. The fourth-order valence-corrected chi connectivity index (χ4v) is 13.3. The van der Waals surface area contributed by atoms with Gasteiger partial charge in [0.1, 0.15) is 19.3 Å². The Hall–Kier alpha value is -3.50. The van der Waals surface area contributed by atoms with Crippen LogP contribution in [0.3, 0.4) is 0 Å². The maximum atomic E-state index is 13.1. The van der Waals surface area contributed by atoms with Crippen molar-refractivity contribution in [1.29, 1.82) is 0 Å². The van der Waals surface area contributed by atoms with E-state index in [0.29, 0.717) is 32.1 Å². The van der Waals surface area contributed by atoms with Gasteiger partial charge in [0.05, 0.1) is 26.4 Å². The summed E-state index contributed by atoms with van der Waals surface area (Å²) < 4.78 is 68.7. The highest BCUT2D eigenvalue weighted by Crippen LogP contribution is 2.45. The molecule has 104 heavy (non-hydrogen) atoms. The minimum atomic E-state index is -4.99. The molecule has 0 aromatic heterocycles. The van der Waals surface area contributed by atoms with E-state index in [4.69, 9.17) is 37.0 Å². The summed E-state index contributed by atoms with van der Waals surface area (Å²) in [5, 5.41) is 10.7. The summed E-state index contributed by atoms with van der Waals surface area (Å²) in [5.41, 5.74) is 0. The van der Waals surface area contributed by atoms with Crippen molar-refractivity contribution >= 4 is 39.5 Å². The highest BCUT2D eigenvalue weighted by atomic mass is 31.2. The SMILES string of the molecule is CCCCC/C=C\C/C=C\C/C=C\C/C=C\C/C=C\CCC(=O)O[C@H](COC(=O)CCCCCCCCCCCCCCCCC)COP(=O)(O)OC[C@H](O)COP(=O)(O)OC[C@@H](COC(=O)CCCCCCC/C=C\CCCCCCCC)OC(=O)CCCCCCCCCCCCCCCCC. The maximum absolute atomic E-state index is 13.1. The molecule has 0 saturated carbocycles. The van der Waals surface area contributed by atoms with Gasteiger partial charge in [-0.1, -0.05) is 345 Å². The molecule has 2 unspecified atom stereocenters. The largest absolute Gasteiger partial charge is 0.472 e. The molecule has 17 nitrogen and oxygen atoms in total. The molecule has 0 fully saturated rings. The number of carbonyl (C=O) groups is 4. The number of unbranched alkanes of at least 4 members (excludes halogenated alkanes) is 42. The Morgan fingerprint density at radius 3 is 0.808 bits per heavy atom. The van der Waals surface area contributed by atoms with E-state index in [-0.39, 0.29) is 25.7 Å². The van der Waals surface area contributed by atoms with Gasteiger partial charge in [0, 0.05) is 25.7 Å². The van der Waals surface area contributed by atoms with E-state index in [9.17, 15) is 43.2 Å². The van der Waals surface area contributed by atoms with E-state index in [0.717, 1.165) is 109 Å². The smallest absolute Gasteiger partial charge is 0.462 e. The minimum Gasteiger partial charge on any atom is -0.462 e. The van der Waals surface area contributed by atoms with Crippen molar-refractivity contribution in [1.82, 2.24) is 0 Å². The number of hydrogen-bond donors (Lipinski definition) is 3. The van der Waals surface area contributed by atoms with E-state index in [2.05, 4.69) is 82.4 Å². The van der Waals surface area contributed by atoms with Crippen LogP contribution in [-0.4, -0.2) is 96.7 Å². The Morgan fingerprint density at radius 2 is 0.490 bits per heavy atom. The van der Waals surface area contributed by atoms with Gasteiger partial charge < -0.3 is 33.8 Å². The van der Waals surface area contributed by atoms with Crippen LogP contribution in [0.25, 0.3) is 0 Å². The topological polar surface area (TPSA) is 237 Å². The van der Waals surface area contributed by atoms with Crippen LogP contribution in [0.4, 0.5) is 0 Å². The van der Waals surface area contributed by atoms with E-state index in [1.165, 1.54) is 193 Å². The van der Waals surface area contributed by atoms with Gasteiger partial charge in [-0.3, -0.25) is 37.3 Å². The highest BCUT2D eigenvalue weighted by molar-refractivity contribution is 7.47. The molecule has 0 saturated heterocycles. The van der Waals surface area contributed by atoms with Gasteiger partial charge >= 0.3 is 39.5 Å². The number of aliphatic hydroxyl groups excluding tert-OH is 1. The van der Waals surface area contributed by atoms with Crippen molar-refractivity contribution in [2.45, 2.75) is 406 Å². The predicted molar refractivity (Wildman–Crippen MR) is 427 cm³/mol. The van der Waals surface area contributed by atoms with Crippen LogP contribution < -0.4 is 0 Å². The summed E-state index contributed by atoms with van der Waals surface area (Å²) in [7, 11) is -9.97. The zero-order chi connectivity index (χ0) is 76.0. The summed E-state index contributed by atoms with van der Waals surface area (Å²) in [5.74, 6) is -2.24. The standard InChI is InChI=1S/C85H154O17P2/c1-5-9-13-17-21-25-29-33-37-38-39-40-44-48-52-56-60-64-68-72-85(90)102-81(76-96-83(88)70-66-62-58-54-50-46-42-35-31-27-23-19-15-11-7-3)78-100-104(93,94)98-74-79(86)73-97-103(91,92)99-77-80(101-84(89)71-67-63-59-55-51-47-43-36-32-28-24-20-16-12-8-4)75-95-82(87)69-65-61-57-53-49-45-41-34-30-26-22-18-14-10-6-2/h21,25,33-34,37,39-41,48,52,60,64,79-81,86H,5-20,22-24,26-32,35-36,38,42-47,49-51,53-59,61-63,65-78H2,1-4H3,(H,91,92)(H,93,94)/b25-21-,37-33-,40-39-,41-34-,52-48-,64-60-/t79-,80-,81-/m1/s1. The number of esters is 4. The van der Waals surface area contributed by atoms with Crippen LogP contribution >= 0.6 is 15.6 Å². The van der Waals surface area contributed by atoms with E-state index >= 15 is 0 Å². The van der Waals surface area contributed by atoms with Crippen LogP contribution in [0, 0.1) is 0 Å². The molecule has 0 aliphatic heterocycles. The van der Waals surface area contributed by atoms with Crippen molar-refractivity contribution in [2.24, 2.45) is 0 Å². The van der Waals surface area contributed by atoms with Gasteiger partial charge in [-0.05, 0) is 89.9 Å². The molecule has 3 N–H and O–H groups in total. The number of phosphoric acid groups is 2. The van der Waals surface area contributed by atoms with Crippen LogP contribution in [0.5, 0.6) is 0 Å². The van der Waals surface area contributed by atoms with Gasteiger partial charge in [-0.2, -0.15) is 0 Å². The lowest BCUT2D eigenvalue weighted by Gasteiger charge is -2.21. The molecule has 0 bridgehead atoms. The molecule has 5 atom stereocenters. The molecule has 0 rings (SSSR count). The minimum absolute atomic E-state index is 0.0241. The molecular weight excluding hydrogens is 1350 g/mol. The molecule has 0 spiro atoms. The first-order chi connectivity index (χ1) is 50.7. The van der Waals surface area contributed by atoms with Crippen molar-refractivity contribution in [3.8, 4) is 0 Å². The number of aliphatic hydroxyl groups is 1. The van der Waals surface area contributed by atoms with Crippen molar-refractivity contribution in [3.05, 3.63) is 72.9 Å². The molecule has 0 radical (unpaired) electrons. The second-order valence-electron chi connectivity index (χ2n) is 28.4. The zero-order valence-electron chi connectivity index (χ0n) is 66.5. The predicted octanol–water partition coefficient (Wildman–Crippen LogP) is 24.8. The average molecular weight is 1510 g/mol. The molecule has 0 amide bonds. The molecule has 0 aliphatic carbocycles. The Morgan fingerprint density at radius 1 is 0.269 bits per heavy atom. The van der Waals surface area contributed by atoms with E-state index < -0.39 is 97.5 Å². The van der Waals surface area contributed by atoms with Crippen molar-refractivity contribution < 1.29 is 80.2 Å². The third-order valence-electron chi connectivity index (χ3n) is 18.2. The zero-order valence-corrected chi connectivity index (χ0v) is 68.2. The summed E-state index contributed by atoms with van der Waals surface area (Å²) >= 11 is 0. The molecule has 0 heterocycles. The van der Waals surface area contributed by atoms with Gasteiger partial charge in [-0.15, -0.1) is 0 Å². The molecule has 0 aromatic rings. The molecule has 0 aliphatic rings. The number of hydrogen-bond acceptors (Lipinski definition) is 15. The van der Waals surface area contributed by atoms with E-state index in [1.54, 1.807) is 0 Å². The van der Waals surface area contributed by atoms with Gasteiger partial charge in [0.25, 0.3) is 0 Å². The van der Waals surface area contributed by atoms with Crippen molar-refractivity contribution in [2.75, 3.05) is 39.6 Å². The second-order valence-corrected chi connectivity index (χ2v) is 31.3. The first-order valence-electron chi connectivity index (χ1n) is 42.2. The van der Waals surface area contributed by atoms with E-state index in [1.807, 2.05) is 18.2 Å². The third kappa shape index (κ3) is 76.7. The lowest BCUT2D eigenvalue weighted by molar-refractivity contribution is -0.161. The Kier molecular flexibility index (Phi) is 75.0. The lowest BCUT2D eigenvalue weighted by Crippen LogP contribution is -2.30. The summed E-state index contributed by atoms with van der Waals surface area (Å²) in [6.07, 6.45) is 80.2. The number of allylic oxidation sites excluding steroid dienone is 12. The normalized spacial score (nSPS) is 14.2. The van der Waals surface area contributed by atoms with Crippen molar-refractivity contribution in [3.63, 3.8) is 0 Å². The molecule has 19 heteroatoms. The summed E-state index contributed by atoms with van der Waals surface area (Å²) in [4.78, 5) is 73.1. The number of rotatable bonds is 80. The molecule has 606 valence electrons. The van der Waals surface area contributed by atoms with Gasteiger partial charge in [0.15, 0.2) is 12.2 Å². The maximum Gasteiger partial charge on any atom is 0.472 e. The second kappa shape index (κ2) is 77.7. The molecule has 0 aromatic carbocycles. The fraction of sp³-hybridized carbons (Fsp3) is 0.812. The highest BCUT2D eigenvalue weighted by Gasteiger charge is 2.30. The fourth-order valence-electron chi connectivity index (χ4n) is 11.7. The third-order valence-corrected chi connectivity index (χ3v) is 20.1. The first-order valence-corrected chi connectivity index (χ1v) is 45.2. The average Bonchev–Trinajstić information content (AvgIpc) is 0.943. The van der Waals surface area contributed by atoms with Gasteiger partial charge in [0.2, 0.25) is 0 Å². The first kappa shape index (κ1) is 100. The number of carbonyl (C=O) groups excluding carboxylic acids is 4. The number of phosphoric ester groups is 2. The molecular formula is C85H154O17P2. The van der Waals surface area contributed by atoms with Crippen LogP contribution in [0.2, 0.25) is 0 Å². The summed E-state index contributed by atoms with van der Waals surface area (Å²) in [6.45, 7) is 4.84.